The van der Waals surface area contributed by atoms with Gasteiger partial charge in [-0.1, -0.05) is 43.6 Å². The second kappa shape index (κ2) is 8.01. The SMILES string of the molecule is COc1ccc(NC(=O)C2CC(=O)N(c3ccccc3C(C)C)C2)cc1Cl. The number of para-hydroxylation sites is 1. The first-order chi connectivity index (χ1) is 12.9. The van der Waals surface area contributed by atoms with Crippen molar-refractivity contribution in [1.82, 2.24) is 0 Å². The lowest BCUT2D eigenvalue weighted by Gasteiger charge is -2.22. The molecule has 0 aliphatic carbocycles. The second-order valence-electron chi connectivity index (χ2n) is 6.96. The van der Waals surface area contributed by atoms with Crippen LogP contribution in [-0.4, -0.2) is 25.5 Å². The molecule has 0 radical (unpaired) electrons. The van der Waals surface area contributed by atoms with Crippen LogP contribution in [0.1, 0.15) is 31.7 Å². The van der Waals surface area contributed by atoms with E-state index in [1.807, 2.05) is 24.3 Å². The molecule has 6 heteroatoms. The van der Waals surface area contributed by atoms with Gasteiger partial charge in [0.05, 0.1) is 18.1 Å². The molecule has 27 heavy (non-hydrogen) atoms. The Labute approximate surface area is 164 Å². The van der Waals surface area contributed by atoms with Gasteiger partial charge in [0.15, 0.2) is 0 Å². The molecule has 2 aromatic rings. The second-order valence-corrected chi connectivity index (χ2v) is 7.36. The average Bonchev–Trinajstić information content (AvgIpc) is 3.03. The molecule has 0 bridgehead atoms. The van der Waals surface area contributed by atoms with Crippen LogP contribution in [0.5, 0.6) is 5.75 Å². The Balaban J connectivity index is 1.74. The number of nitrogens with zero attached hydrogens (tertiary/aromatic N) is 1. The molecule has 1 aliphatic heterocycles. The number of rotatable bonds is 5. The van der Waals surface area contributed by atoms with Crippen molar-refractivity contribution in [2.75, 3.05) is 23.9 Å². The number of hydrogen-bond donors (Lipinski definition) is 1. The van der Waals surface area contributed by atoms with Gasteiger partial charge in [0.25, 0.3) is 0 Å². The number of ether oxygens (including phenoxy) is 1. The number of hydrogen-bond acceptors (Lipinski definition) is 3. The van der Waals surface area contributed by atoms with Gasteiger partial charge < -0.3 is 15.0 Å². The van der Waals surface area contributed by atoms with Crippen LogP contribution in [0.3, 0.4) is 0 Å². The number of halogens is 1. The number of nitrogens with one attached hydrogen (secondary N) is 1. The zero-order valence-electron chi connectivity index (χ0n) is 15.7. The molecule has 1 fully saturated rings. The fourth-order valence-electron chi connectivity index (χ4n) is 3.33. The number of anilines is 2. The Kier molecular flexibility index (Phi) is 5.71. The van der Waals surface area contributed by atoms with Crippen LogP contribution >= 0.6 is 11.6 Å². The molecule has 142 valence electrons. The van der Waals surface area contributed by atoms with Gasteiger partial charge in [0, 0.05) is 24.3 Å². The van der Waals surface area contributed by atoms with Gasteiger partial charge in [-0.3, -0.25) is 9.59 Å². The number of benzene rings is 2. The quantitative estimate of drug-likeness (QED) is 0.825. The van der Waals surface area contributed by atoms with Crippen molar-refractivity contribution in [3.8, 4) is 5.75 Å². The smallest absolute Gasteiger partial charge is 0.229 e. The largest absolute Gasteiger partial charge is 0.495 e. The molecule has 0 aromatic heterocycles. The van der Waals surface area contributed by atoms with Crippen LogP contribution in [0.15, 0.2) is 42.5 Å². The van der Waals surface area contributed by atoms with Gasteiger partial charge in [-0.25, -0.2) is 0 Å². The highest BCUT2D eigenvalue weighted by Crippen LogP contribution is 2.33. The van der Waals surface area contributed by atoms with Gasteiger partial charge >= 0.3 is 0 Å². The first-order valence-corrected chi connectivity index (χ1v) is 9.32. The minimum absolute atomic E-state index is 0.0315. The summed E-state index contributed by atoms with van der Waals surface area (Å²) < 4.78 is 5.12. The predicted molar refractivity (Wildman–Crippen MR) is 108 cm³/mol. The minimum atomic E-state index is -0.404. The van der Waals surface area contributed by atoms with Crippen molar-refractivity contribution in [3.05, 3.63) is 53.1 Å². The third-order valence-corrected chi connectivity index (χ3v) is 5.06. The zero-order valence-corrected chi connectivity index (χ0v) is 16.4. The van der Waals surface area contributed by atoms with Crippen LogP contribution in [0.4, 0.5) is 11.4 Å². The molecule has 1 atom stereocenters. The normalized spacial score (nSPS) is 16.7. The molecule has 2 aromatic carbocycles. The van der Waals surface area contributed by atoms with Crippen LogP contribution in [0.25, 0.3) is 0 Å². The Morgan fingerprint density at radius 3 is 2.67 bits per heavy atom. The van der Waals surface area contributed by atoms with E-state index in [1.54, 1.807) is 23.1 Å². The van der Waals surface area contributed by atoms with E-state index in [9.17, 15) is 9.59 Å². The molecule has 3 rings (SSSR count). The van der Waals surface area contributed by atoms with E-state index < -0.39 is 5.92 Å². The Bertz CT molecular complexity index is 866. The summed E-state index contributed by atoms with van der Waals surface area (Å²) in [6.45, 7) is 4.56. The van der Waals surface area contributed by atoms with Gasteiger partial charge in [0.1, 0.15) is 5.75 Å². The molecule has 1 aliphatic rings. The molecule has 1 unspecified atom stereocenters. The maximum absolute atomic E-state index is 12.7. The molecule has 1 saturated heterocycles. The first-order valence-electron chi connectivity index (χ1n) is 8.94. The van der Waals surface area contributed by atoms with E-state index in [2.05, 4.69) is 19.2 Å². The van der Waals surface area contributed by atoms with Crippen molar-refractivity contribution >= 4 is 34.8 Å². The molecule has 1 heterocycles. The number of carbonyl (C=O) groups is 2. The van der Waals surface area contributed by atoms with Crippen molar-refractivity contribution < 1.29 is 14.3 Å². The first kappa shape index (κ1) is 19.2. The van der Waals surface area contributed by atoms with Gasteiger partial charge in [-0.2, -0.15) is 0 Å². The lowest BCUT2D eigenvalue weighted by molar-refractivity contribution is -0.122. The van der Waals surface area contributed by atoms with Crippen LogP contribution in [-0.2, 0) is 9.59 Å². The standard InChI is InChI=1S/C21H23ClN2O3/c1-13(2)16-6-4-5-7-18(16)24-12-14(10-20(24)25)21(26)23-15-8-9-19(27-3)17(22)11-15/h4-9,11,13-14H,10,12H2,1-3H3,(H,23,26). The summed E-state index contributed by atoms with van der Waals surface area (Å²) in [6.07, 6.45) is 0.197. The Hall–Kier alpha value is -2.53. The summed E-state index contributed by atoms with van der Waals surface area (Å²) in [5.41, 5.74) is 2.58. The molecule has 1 N–H and O–H groups in total. The highest BCUT2D eigenvalue weighted by Gasteiger charge is 2.36. The molecule has 0 spiro atoms. The maximum atomic E-state index is 12.7. The van der Waals surface area contributed by atoms with Gasteiger partial charge in [0.2, 0.25) is 11.8 Å². The molecule has 0 saturated carbocycles. The Morgan fingerprint density at radius 2 is 2.00 bits per heavy atom. The van der Waals surface area contributed by atoms with Gasteiger partial charge in [-0.05, 0) is 35.7 Å². The lowest BCUT2D eigenvalue weighted by atomic mass is 10.0. The average molecular weight is 387 g/mol. The van der Waals surface area contributed by atoms with Crippen molar-refractivity contribution in [3.63, 3.8) is 0 Å². The molecular weight excluding hydrogens is 364 g/mol. The van der Waals surface area contributed by atoms with E-state index in [0.29, 0.717) is 28.9 Å². The summed E-state index contributed by atoms with van der Waals surface area (Å²) >= 11 is 6.11. The van der Waals surface area contributed by atoms with Gasteiger partial charge in [-0.15, -0.1) is 0 Å². The highest BCUT2D eigenvalue weighted by atomic mass is 35.5. The summed E-state index contributed by atoms with van der Waals surface area (Å²) in [7, 11) is 1.53. The van der Waals surface area contributed by atoms with E-state index in [4.69, 9.17) is 16.3 Å². The fraction of sp³-hybridized carbons (Fsp3) is 0.333. The minimum Gasteiger partial charge on any atom is -0.495 e. The van der Waals surface area contributed by atoms with Crippen molar-refractivity contribution in [1.29, 1.82) is 0 Å². The zero-order chi connectivity index (χ0) is 19.6. The number of amides is 2. The van der Waals surface area contributed by atoms with Crippen LogP contribution < -0.4 is 15.0 Å². The van der Waals surface area contributed by atoms with E-state index in [0.717, 1.165) is 11.3 Å². The summed E-state index contributed by atoms with van der Waals surface area (Å²) in [5.74, 6) is 0.217. The third-order valence-electron chi connectivity index (χ3n) is 4.76. The summed E-state index contributed by atoms with van der Waals surface area (Å²) in [5, 5.41) is 3.27. The summed E-state index contributed by atoms with van der Waals surface area (Å²) in [4.78, 5) is 26.9. The summed E-state index contributed by atoms with van der Waals surface area (Å²) in [6, 6.07) is 12.9. The highest BCUT2D eigenvalue weighted by molar-refractivity contribution is 6.32. The topological polar surface area (TPSA) is 58.6 Å². The monoisotopic (exact) mass is 386 g/mol. The molecular formula is C21H23ClN2O3. The van der Waals surface area contributed by atoms with E-state index in [-0.39, 0.29) is 18.2 Å². The van der Waals surface area contributed by atoms with Crippen LogP contribution in [0, 0.1) is 5.92 Å². The van der Waals surface area contributed by atoms with E-state index >= 15 is 0 Å². The number of carbonyl (C=O) groups excluding carboxylic acids is 2. The number of methoxy groups -OCH3 is 1. The Morgan fingerprint density at radius 1 is 1.26 bits per heavy atom. The van der Waals surface area contributed by atoms with Crippen LogP contribution in [0.2, 0.25) is 5.02 Å². The van der Waals surface area contributed by atoms with E-state index in [1.165, 1.54) is 7.11 Å². The predicted octanol–water partition coefficient (Wildman–Crippen LogP) is 4.46. The maximum Gasteiger partial charge on any atom is 0.229 e. The lowest BCUT2D eigenvalue weighted by Crippen LogP contribution is -2.29. The van der Waals surface area contributed by atoms with Crippen molar-refractivity contribution in [2.24, 2.45) is 5.92 Å². The van der Waals surface area contributed by atoms with Crippen molar-refractivity contribution in [2.45, 2.75) is 26.2 Å². The molecule has 2 amide bonds. The fourth-order valence-corrected chi connectivity index (χ4v) is 3.58. The third kappa shape index (κ3) is 4.08. The molecule has 5 nitrogen and oxygen atoms in total.